The fourth-order valence-electron chi connectivity index (χ4n) is 1.54. The molecule has 1 rings (SSSR count). The topological polar surface area (TPSA) is 93.2 Å². The Bertz CT molecular complexity index is 532. The van der Waals surface area contributed by atoms with Crippen LogP contribution in [0.1, 0.15) is 23.6 Å². The first-order valence-electron chi connectivity index (χ1n) is 5.33. The third kappa shape index (κ3) is 3.04. The lowest BCUT2D eigenvalue weighted by molar-refractivity contribution is -0.385. The number of nitro benzene ring substituents is 1. The fourth-order valence-corrected chi connectivity index (χ4v) is 1.54. The van der Waals surface area contributed by atoms with Crippen molar-refractivity contribution < 1.29 is 14.5 Å². The van der Waals surface area contributed by atoms with Crippen LogP contribution in [-0.4, -0.2) is 17.5 Å². The monoisotopic (exact) mass is 248 g/mol. The summed E-state index contributed by atoms with van der Waals surface area (Å²) in [5.41, 5.74) is 0.745. The highest BCUT2D eigenvalue weighted by molar-refractivity contribution is 5.73. The van der Waals surface area contributed by atoms with Gasteiger partial charge in [-0.1, -0.05) is 0 Å². The molecule has 0 saturated heterocycles. The zero-order valence-corrected chi connectivity index (χ0v) is 10.1. The molecular weight excluding hydrogens is 236 g/mol. The first-order chi connectivity index (χ1) is 8.49. The number of nitriles is 1. The molecule has 0 amide bonds. The summed E-state index contributed by atoms with van der Waals surface area (Å²) in [5, 5.41) is 19.7. The summed E-state index contributed by atoms with van der Waals surface area (Å²) < 4.78 is 4.76. The number of nitro groups is 1. The number of carbonyl (C=O) groups is 1. The molecule has 0 fully saturated rings. The van der Waals surface area contributed by atoms with Crippen molar-refractivity contribution in [3.8, 4) is 6.07 Å². The van der Waals surface area contributed by atoms with E-state index in [1.165, 1.54) is 19.1 Å². The minimum Gasteiger partial charge on any atom is -0.466 e. The number of benzene rings is 1. The maximum atomic E-state index is 11.3. The molecule has 0 aliphatic heterocycles. The Morgan fingerprint density at radius 1 is 1.56 bits per heavy atom. The van der Waals surface area contributed by atoms with Crippen LogP contribution < -0.4 is 0 Å². The van der Waals surface area contributed by atoms with E-state index in [9.17, 15) is 14.9 Å². The van der Waals surface area contributed by atoms with Crippen molar-refractivity contribution in [1.82, 2.24) is 0 Å². The largest absolute Gasteiger partial charge is 0.466 e. The van der Waals surface area contributed by atoms with Crippen LogP contribution in [0.4, 0.5) is 5.69 Å². The Labute approximate surface area is 104 Å². The van der Waals surface area contributed by atoms with Gasteiger partial charge in [0, 0.05) is 11.6 Å². The lowest BCUT2D eigenvalue weighted by atomic mass is 10.0. The highest BCUT2D eigenvalue weighted by Gasteiger charge is 2.17. The Kier molecular flexibility index (Phi) is 4.38. The first-order valence-corrected chi connectivity index (χ1v) is 5.33. The summed E-state index contributed by atoms with van der Waals surface area (Å²) >= 11 is 0. The van der Waals surface area contributed by atoms with Gasteiger partial charge in [0.15, 0.2) is 0 Å². The van der Waals surface area contributed by atoms with Gasteiger partial charge in [-0.3, -0.25) is 14.9 Å². The zero-order chi connectivity index (χ0) is 13.7. The molecule has 0 heterocycles. The average molecular weight is 248 g/mol. The lowest BCUT2D eigenvalue weighted by Crippen LogP contribution is -2.08. The van der Waals surface area contributed by atoms with E-state index in [2.05, 4.69) is 0 Å². The molecule has 0 N–H and O–H groups in total. The second-order valence-corrected chi connectivity index (χ2v) is 3.64. The molecule has 0 bridgehead atoms. The highest BCUT2D eigenvalue weighted by atomic mass is 16.6. The van der Waals surface area contributed by atoms with E-state index in [0.717, 1.165) is 0 Å². The Morgan fingerprint density at radius 3 is 2.72 bits per heavy atom. The van der Waals surface area contributed by atoms with Crippen molar-refractivity contribution in [2.24, 2.45) is 0 Å². The van der Waals surface area contributed by atoms with E-state index >= 15 is 0 Å². The Balaban J connectivity index is 3.15. The maximum absolute atomic E-state index is 11.3. The van der Waals surface area contributed by atoms with Gasteiger partial charge < -0.3 is 4.74 Å². The van der Waals surface area contributed by atoms with E-state index in [1.807, 2.05) is 6.07 Å². The number of rotatable bonds is 4. The molecule has 0 radical (unpaired) electrons. The molecule has 0 atom stereocenters. The summed E-state index contributed by atoms with van der Waals surface area (Å²) in [6.07, 6.45) is -0.0797. The van der Waals surface area contributed by atoms with Gasteiger partial charge in [0.05, 0.1) is 29.6 Å². The van der Waals surface area contributed by atoms with Gasteiger partial charge >= 0.3 is 5.97 Å². The molecule has 18 heavy (non-hydrogen) atoms. The molecule has 0 saturated carbocycles. The molecule has 6 nitrogen and oxygen atoms in total. The summed E-state index contributed by atoms with van der Waals surface area (Å²) in [7, 11) is 0. The molecule has 94 valence electrons. The van der Waals surface area contributed by atoms with Crippen molar-refractivity contribution in [2.75, 3.05) is 6.61 Å². The molecule has 1 aromatic rings. The maximum Gasteiger partial charge on any atom is 0.310 e. The van der Waals surface area contributed by atoms with Crippen LogP contribution in [0.25, 0.3) is 0 Å². The van der Waals surface area contributed by atoms with E-state index in [-0.39, 0.29) is 24.3 Å². The minimum atomic E-state index is -0.565. The predicted molar refractivity (Wildman–Crippen MR) is 62.9 cm³/mol. The number of hydrogen-bond donors (Lipinski definition) is 0. The first kappa shape index (κ1) is 13.6. The van der Waals surface area contributed by atoms with E-state index in [0.29, 0.717) is 11.1 Å². The molecule has 1 aromatic carbocycles. The fraction of sp³-hybridized carbons (Fsp3) is 0.333. The summed E-state index contributed by atoms with van der Waals surface area (Å²) in [4.78, 5) is 21.6. The van der Waals surface area contributed by atoms with Crippen molar-refractivity contribution in [2.45, 2.75) is 20.3 Å². The lowest BCUT2D eigenvalue weighted by Gasteiger charge is -2.05. The SMILES string of the molecule is CCOC(=O)Cc1cc(C#N)c(C)c([N+](=O)[O-])c1. The second-order valence-electron chi connectivity index (χ2n) is 3.64. The van der Waals surface area contributed by atoms with E-state index < -0.39 is 10.9 Å². The van der Waals surface area contributed by atoms with Crippen LogP contribution in [0.5, 0.6) is 0 Å². The van der Waals surface area contributed by atoms with Crippen LogP contribution >= 0.6 is 0 Å². The third-order valence-corrected chi connectivity index (χ3v) is 2.41. The average Bonchev–Trinajstić information content (AvgIpc) is 2.31. The molecule has 0 aliphatic rings. The second kappa shape index (κ2) is 5.77. The summed E-state index contributed by atoms with van der Waals surface area (Å²) in [6.45, 7) is 3.43. The van der Waals surface area contributed by atoms with Gasteiger partial charge in [-0.2, -0.15) is 5.26 Å². The van der Waals surface area contributed by atoms with Crippen LogP contribution in [-0.2, 0) is 16.0 Å². The summed E-state index contributed by atoms with van der Waals surface area (Å²) in [6, 6.07) is 4.65. The predicted octanol–water partition coefficient (Wildman–Crippen LogP) is 1.88. The van der Waals surface area contributed by atoms with Crippen LogP contribution in [0.15, 0.2) is 12.1 Å². The number of nitrogens with zero attached hydrogens (tertiary/aromatic N) is 2. The van der Waals surface area contributed by atoms with Crippen molar-refractivity contribution >= 4 is 11.7 Å². The molecule has 0 aliphatic carbocycles. The molecule has 0 aromatic heterocycles. The molecule has 0 unspecified atom stereocenters. The minimum absolute atomic E-state index is 0.0797. The van der Waals surface area contributed by atoms with Crippen LogP contribution in [0, 0.1) is 28.4 Å². The molecule has 6 heteroatoms. The normalized spacial score (nSPS) is 9.61. The quantitative estimate of drug-likeness (QED) is 0.460. The van der Waals surface area contributed by atoms with Gasteiger partial charge in [-0.15, -0.1) is 0 Å². The van der Waals surface area contributed by atoms with Gasteiger partial charge in [0.1, 0.15) is 0 Å². The standard InChI is InChI=1S/C12H12N2O4/c1-3-18-12(15)6-9-4-10(7-13)8(2)11(5-9)14(16)17/h4-5H,3,6H2,1-2H3. The van der Waals surface area contributed by atoms with Gasteiger partial charge in [-0.05, 0) is 25.5 Å². The highest BCUT2D eigenvalue weighted by Crippen LogP contribution is 2.23. The molecular formula is C12H12N2O4. The van der Waals surface area contributed by atoms with Crippen molar-refractivity contribution in [3.63, 3.8) is 0 Å². The molecule has 0 spiro atoms. The zero-order valence-electron chi connectivity index (χ0n) is 10.1. The van der Waals surface area contributed by atoms with Crippen molar-refractivity contribution in [1.29, 1.82) is 5.26 Å². The van der Waals surface area contributed by atoms with E-state index in [4.69, 9.17) is 10.00 Å². The van der Waals surface area contributed by atoms with Gasteiger partial charge in [0.2, 0.25) is 0 Å². The van der Waals surface area contributed by atoms with E-state index in [1.54, 1.807) is 6.92 Å². The Morgan fingerprint density at radius 2 is 2.22 bits per heavy atom. The third-order valence-electron chi connectivity index (χ3n) is 2.41. The Hall–Kier alpha value is -2.42. The van der Waals surface area contributed by atoms with Gasteiger partial charge in [-0.25, -0.2) is 0 Å². The van der Waals surface area contributed by atoms with Crippen molar-refractivity contribution in [3.05, 3.63) is 38.9 Å². The van der Waals surface area contributed by atoms with Gasteiger partial charge in [0.25, 0.3) is 5.69 Å². The summed E-state index contributed by atoms with van der Waals surface area (Å²) in [5.74, 6) is -0.473. The van der Waals surface area contributed by atoms with Crippen LogP contribution in [0.3, 0.4) is 0 Å². The number of hydrogen-bond acceptors (Lipinski definition) is 5. The number of ether oxygens (including phenoxy) is 1. The number of esters is 1. The van der Waals surface area contributed by atoms with Crippen LogP contribution in [0.2, 0.25) is 0 Å². The number of carbonyl (C=O) groups excluding carboxylic acids is 1. The smallest absolute Gasteiger partial charge is 0.310 e.